The minimum atomic E-state index is 0.225. The summed E-state index contributed by atoms with van der Waals surface area (Å²) in [5, 5.41) is 0. The summed E-state index contributed by atoms with van der Waals surface area (Å²) in [6.07, 6.45) is 9.64. The third-order valence-electron chi connectivity index (χ3n) is 4.02. The van der Waals surface area contributed by atoms with Crippen LogP contribution in [-0.2, 0) is 4.79 Å². The van der Waals surface area contributed by atoms with Crippen LogP contribution in [-0.4, -0.2) is 15.8 Å². The van der Waals surface area contributed by atoms with E-state index >= 15 is 0 Å². The van der Waals surface area contributed by atoms with Crippen LogP contribution in [0.5, 0.6) is 0 Å². The highest BCUT2D eigenvalue weighted by Crippen LogP contribution is 2.31. The fraction of sp³-hybridized carbons (Fsp3) is 0.588. The van der Waals surface area contributed by atoms with E-state index in [2.05, 4.69) is 23.0 Å². The van der Waals surface area contributed by atoms with Gasteiger partial charge in [-0.3, -0.25) is 9.78 Å². The molecule has 0 aromatic carbocycles. The first-order valence-electron chi connectivity index (χ1n) is 7.64. The molecular formula is C17H24N2O. The smallest absolute Gasteiger partial charge is 0.136 e. The molecule has 1 aliphatic carbocycles. The van der Waals surface area contributed by atoms with Crippen LogP contribution >= 0.6 is 0 Å². The van der Waals surface area contributed by atoms with E-state index in [-0.39, 0.29) is 5.92 Å². The van der Waals surface area contributed by atoms with Crippen molar-refractivity contribution in [3.63, 3.8) is 0 Å². The normalized spacial score (nSPS) is 18.8. The minimum Gasteiger partial charge on any atom is -0.299 e. The molecule has 0 saturated heterocycles. The van der Waals surface area contributed by atoms with E-state index in [1.54, 1.807) is 6.20 Å². The average Bonchev–Trinajstić information content (AvgIpc) is 2.47. The van der Waals surface area contributed by atoms with Gasteiger partial charge in [-0.2, -0.15) is 0 Å². The van der Waals surface area contributed by atoms with Crippen LogP contribution in [0.3, 0.4) is 0 Å². The van der Waals surface area contributed by atoms with Crippen molar-refractivity contribution in [2.24, 2.45) is 5.92 Å². The van der Waals surface area contributed by atoms with Crippen LogP contribution in [0.2, 0.25) is 0 Å². The van der Waals surface area contributed by atoms with Gasteiger partial charge in [-0.15, -0.1) is 0 Å². The zero-order valence-electron chi connectivity index (χ0n) is 12.8. The summed E-state index contributed by atoms with van der Waals surface area (Å²) in [6, 6.07) is 0. The van der Waals surface area contributed by atoms with Gasteiger partial charge in [0.25, 0.3) is 0 Å². The first-order chi connectivity index (χ1) is 9.61. The molecule has 0 saturated carbocycles. The Morgan fingerprint density at radius 1 is 1.40 bits per heavy atom. The number of hydrogen-bond donors (Lipinski definition) is 0. The molecule has 0 fully saturated rings. The van der Waals surface area contributed by atoms with Crippen molar-refractivity contribution in [3.8, 4) is 0 Å². The molecule has 3 heteroatoms. The molecular weight excluding hydrogens is 248 g/mol. The summed E-state index contributed by atoms with van der Waals surface area (Å²) in [7, 11) is 0. The molecule has 20 heavy (non-hydrogen) atoms. The Labute approximate surface area is 121 Å². The van der Waals surface area contributed by atoms with Crippen molar-refractivity contribution < 1.29 is 4.79 Å². The largest absolute Gasteiger partial charge is 0.299 e. The van der Waals surface area contributed by atoms with E-state index < -0.39 is 0 Å². The zero-order valence-corrected chi connectivity index (χ0v) is 12.8. The second-order valence-corrected chi connectivity index (χ2v) is 5.72. The second-order valence-electron chi connectivity index (χ2n) is 5.72. The summed E-state index contributed by atoms with van der Waals surface area (Å²) >= 11 is 0. The van der Waals surface area contributed by atoms with Gasteiger partial charge in [-0.05, 0) is 45.1 Å². The molecule has 1 aliphatic rings. The highest BCUT2D eigenvalue weighted by atomic mass is 16.1. The number of carbonyl (C=O) groups is 1. The second kappa shape index (κ2) is 6.78. The lowest BCUT2D eigenvalue weighted by atomic mass is 9.84. The van der Waals surface area contributed by atoms with E-state index in [4.69, 9.17) is 0 Å². The number of unbranched alkanes of at least 4 members (excludes halogenated alkanes) is 1. The van der Waals surface area contributed by atoms with Gasteiger partial charge >= 0.3 is 0 Å². The van der Waals surface area contributed by atoms with Crippen molar-refractivity contribution in [2.75, 3.05) is 0 Å². The molecule has 0 bridgehead atoms. The minimum absolute atomic E-state index is 0.225. The van der Waals surface area contributed by atoms with Crippen molar-refractivity contribution >= 4 is 11.4 Å². The van der Waals surface area contributed by atoms with E-state index in [1.807, 2.05) is 13.8 Å². The van der Waals surface area contributed by atoms with Crippen LogP contribution in [0.25, 0.3) is 5.57 Å². The van der Waals surface area contributed by atoms with Gasteiger partial charge in [-0.25, -0.2) is 4.98 Å². The lowest BCUT2D eigenvalue weighted by Crippen LogP contribution is -2.17. The first-order valence-corrected chi connectivity index (χ1v) is 7.64. The predicted molar refractivity (Wildman–Crippen MR) is 81.4 cm³/mol. The number of nitrogens with zero attached hydrogens (tertiary/aromatic N) is 2. The van der Waals surface area contributed by atoms with Crippen LogP contribution in [0.15, 0.2) is 12.3 Å². The van der Waals surface area contributed by atoms with Crippen LogP contribution < -0.4 is 0 Å². The fourth-order valence-corrected chi connectivity index (χ4v) is 2.74. The fourth-order valence-electron chi connectivity index (χ4n) is 2.74. The monoisotopic (exact) mass is 272 g/mol. The number of carbonyl (C=O) groups excluding carboxylic acids is 1. The number of rotatable bonds is 5. The number of Topliss-reactive ketones (excluding diaryl/α,β-unsaturated/α-hetero) is 1. The molecule has 108 valence electrons. The van der Waals surface area contributed by atoms with E-state index in [9.17, 15) is 4.79 Å². The Morgan fingerprint density at radius 2 is 2.20 bits per heavy atom. The van der Waals surface area contributed by atoms with Crippen molar-refractivity contribution in [1.82, 2.24) is 9.97 Å². The zero-order chi connectivity index (χ0) is 14.5. The lowest BCUT2D eigenvalue weighted by Gasteiger charge is -2.21. The molecule has 0 radical (unpaired) electrons. The molecule has 1 aromatic heterocycles. The third-order valence-corrected chi connectivity index (χ3v) is 4.02. The Kier molecular flexibility index (Phi) is 5.05. The Morgan fingerprint density at radius 3 is 2.85 bits per heavy atom. The van der Waals surface area contributed by atoms with Gasteiger partial charge in [0.05, 0.1) is 17.1 Å². The average molecular weight is 272 g/mol. The molecule has 0 aliphatic heterocycles. The van der Waals surface area contributed by atoms with Gasteiger partial charge in [0.15, 0.2) is 0 Å². The molecule has 1 heterocycles. The molecule has 0 N–H and O–H groups in total. The van der Waals surface area contributed by atoms with Crippen molar-refractivity contribution in [1.29, 1.82) is 0 Å². The maximum Gasteiger partial charge on any atom is 0.136 e. The standard InChI is InChI=1S/C17H24N2O/c1-4-5-6-16(20)14-7-9-15(10-8-14)17-13(3)18-11-12(2)19-17/h9,11,14H,4-8,10H2,1-3H3. The number of aromatic nitrogens is 2. The van der Waals surface area contributed by atoms with Crippen LogP contribution in [0.1, 0.15) is 62.5 Å². The highest BCUT2D eigenvalue weighted by Gasteiger charge is 2.22. The lowest BCUT2D eigenvalue weighted by molar-refractivity contribution is -0.123. The molecule has 2 rings (SSSR count). The summed E-state index contributed by atoms with van der Waals surface area (Å²) in [5.74, 6) is 0.664. The Balaban J connectivity index is 2.05. The molecule has 1 atom stereocenters. The van der Waals surface area contributed by atoms with Gasteiger partial charge in [0, 0.05) is 18.5 Å². The van der Waals surface area contributed by atoms with Crippen LogP contribution in [0.4, 0.5) is 0 Å². The number of ketones is 1. The number of hydrogen-bond acceptors (Lipinski definition) is 3. The first kappa shape index (κ1) is 14.9. The summed E-state index contributed by atoms with van der Waals surface area (Å²) < 4.78 is 0. The molecule has 3 nitrogen and oxygen atoms in total. The summed E-state index contributed by atoms with van der Waals surface area (Å²) in [4.78, 5) is 21.0. The van der Waals surface area contributed by atoms with Gasteiger partial charge in [-0.1, -0.05) is 19.4 Å². The molecule has 1 aromatic rings. The highest BCUT2D eigenvalue weighted by molar-refractivity contribution is 5.82. The van der Waals surface area contributed by atoms with E-state index in [0.29, 0.717) is 5.78 Å². The summed E-state index contributed by atoms with van der Waals surface area (Å²) in [5.41, 5.74) is 4.22. The maximum absolute atomic E-state index is 12.1. The molecule has 1 unspecified atom stereocenters. The number of aryl methyl sites for hydroxylation is 2. The Hall–Kier alpha value is -1.51. The van der Waals surface area contributed by atoms with Gasteiger partial charge in [0.1, 0.15) is 5.78 Å². The van der Waals surface area contributed by atoms with E-state index in [1.165, 1.54) is 5.57 Å². The predicted octanol–water partition coefficient (Wildman–Crippen LogP) is 4.04. The van der Waals surface area contributed by atoms with Gasteiger partial charge < -0.3 is 0 Å². The third kappa shape index (κ3) is 3.53. The maximum atomic E-state index is 12.1. The SMILES string of the molecule is CCCCC(=O)C1CC=C(c2nc(C)cnc2C)CC1. The quantitative estimate of drug-likeness (QED) is 0.812. The van der Waals surface area contributed by atoms with E-state index in [0.717, 1.165) is 55.6 Å². The van der Waals surface area contributed by atoms with Crippen molar-refractivity contribution in [3.05, 3.63) is 29.4 Å². The number of allylic oxidation sites excluding steroid dienone is 2. The van der Waals surface area contributed by atoms with Gasteiger partial charge in [0.2, 0.25) is 0 Å². The summed E-state index contributed by atoms with van der Waals surface area (Å²) in [6.45, 7) is 6.10. The molecule has 0 amide bonds. The van der Waals surface area contributed by atoms with Crippen molar-refractivity contribution in [2.45, 2.75) is 59.3 Å². The van der Waals surface area contributed by atoms with Crippen LogP contribution in [0, 0.1) is 19.8 Å². The Bertz CT molecular complexity index is 520. The molecule has 0 spiro atoms. The topological polar surface area (TPSA) is 42.9 Å².